The number of nitrogens with zero attached hydrogens (tertiary/aromatic N) is 4. The minimum atomic E-state index is -0.483. The lowest BCUT2D eigenvalue weighted by Crippen LogP contribution is -2.30. The van der Waals surface area contributed by atoms with Crippen LogP contribution in [0.3, 0.4) is 0 Å². The van der Waals surface area contributed by atoms with Gasteiger partial charge in [-0.2, -0.15) is 0 Å². The van der Waals surface area contributed by atoms with E-state index in [9.17, 15) is 9.59 Å². The molecular weight excluding hydrogens is 320 g/mol. The molecule has 2 amide bonds. The normalized spacial score (nSPS) is 13.6. The van der Waals surface area contributed by atoms with E-state index < -0.39 is 11.8 Å². The second-order valence-electron chi connectivity index (χ2n) is 5.23. The van der Waals surface area contributed by atoms with Crippen LogP contribution < -0.4 is 0 Å². The van der Waals surface area contributed by atoms with E-state index in [-0.39, 0.29) is 13.2 Å². The molecule has 0 aliphatic carbocycles. The molecule has 2 aromatic carbocycles. The first kappa shape index (κ1) is 16.4. The summed E-state index contributed by atoms with van der Waals surface area (Å²) >= 11 is 0. The molecule has 2 aromatic rings. The maximum Gasteiger partial charge on any atom is 0.285 e. The van der Waals surface area contributed by atoms with Gasteiger partial charge in [-0.1, -0.05) is 53.7 Å². The van der Waals surface area contributed by atoms with Gasteiger partial charge in [0.05, 0.1) is 11.1 Å². The number of hydrogen-bond acceptors (Lipinski definition) is 4. The molecule has 0 bridgehead atoms. The van der Waals surface area contributed by atoms with Crippen molar-refractivity contribution in [3.63, 3.8) is 0 Å². The van der Waals surface area contributed by atoms with Crippen molar-refractivity contribution < 1.29 is 14.4 Å². The smallest absolute Gasteiger partial charge is 0.266 e. The van der Waals surface area contributed by atoms with Gasteiger partial charge in [0, 0.05) is 11.5 Å². The maximum absolute atomic E-state index is 12.3. The summed E-state index contributed by atoms with van der Waals surface area (Å²) in [7, 11) is 0. The lowest BCUT2D eigenvalue weighted by atomic mass is 10.1. The van der Waals surface area contributed by atoms with Crippen molar-refractivity contribution in [2.75, 3.05) is 13.2 Å². The summed E-state index contributed by atoms with van der Waals surface area (Å²) in [6, 6.07) is 15.9. The first-order valence-electron chi connectivity index (χ1n) is 7.58. The molecule has 0 saturated heterocycles. The molecule has 1 aliphatic heterocycles. The number of azide groups is 1. The molecule has 1 heterocycles. The van der Waals surface area contributed by atoms with Crippen molar-refractivity contribution >= 4 is 17.4 Å². The number of imide groups is 1. The summed E-state index contributed by atoms with van der Waals surface area (Å²) < 4.78 is 0. The summed E-state index contributed by atoms with van der Waals surface area (Å²) in [6.07, 6.45) is 1.70. The molecule has 0 saturated carbocycles. The van der Waals surface area contributed by atoms with Crippen LogP contribution in [0, 0.1) is 0 Å². The van der Waals surface area contributed by atoms with E-state index >= 15 is 0 Å². The van der Waals surface area contributed by atoms with E-state index in [0.29, 0.717) is 16.7 Å². The zero-order valence-corrected chi connectivity index (χ0v) is 13.2. The number of rotatable bonds is 6. The summed E-state index contributed by atoms with van der Waals surface area (Å²) in [5.41, 5.74) is 10.6. The Hall–Kier alpha value is -3.41. The van der Waals surface area contributed by atoms with E-state index in [1.807, 2.05) is 30.3 Å². The van der Waals surface area contributed by atoms with Crippen molar-refractivity contribution in [2.45, 2.75) is 0 Å². The average molecular weight is 334 g/mol. The highest BCUT2D eigenvalue weighted by Crippen LogP contribution is 2.24. The van der Waals surface area contributed by atoms with Crippen LogP contribution in [0.25, 0.3) is 16.0 Å². The van der Waals surface area contributed by atoms with E-state index in [0.717, 1.165) is 10.6 Å². The Morgan fingerprint density at radius 3 is 2.24 bits per heavy atom. The molecule has 0 N–H and O–H groups in total. The predicted octanol–water partition coefficient (Wildman–Crippen LogP) is 3.61. The third-order valence-electron chi connectivity index (χ3n) is 3.73. The Morgan fingerprint density at radius 1 is 1.04 bits per heavy atom. The molecule has 7 nitrogen and oxygen atoms in total. The zero-order valence-electron chi connectivity index (χ0n) is 13.2. The molecule has 0 radical (unpaired) electrons. The summed E-state index contributed by atoms with van der Waals surface area (Å²) in [6.45, 7) is 0.142. The standard InChI is InChI=1S/C18H14N4O3/c19-21-20-11-10-14(13-6-2-1-3-7-13)12-25-22-17(23)15-8-4-5-9-16(15)18(22)24/h1-10H,11-12H2/b14-10+. The highest BCUT2D eigenvalue weighted by atomic mass is 16.7. The minimum Gasteiger partial charge on any atom is -0.266 e. The number of benzene rings is 2. The fourth-order valence-corrected chi connectivity index (χ4v) is 2.52. The van der Waals surface area contributed by atoms with Crippen LogP contribution in [0.2, 0.25) is 0 Å². The maximum atomic E-state index is 12.3. The van der Waals surface area contributed by atoms with Crippen LogP contribution in [-0.4, -0.2) is 30.0 Å². The van der Waals surface area contributed by atoms with E-state index in [2.05, 4.69) is 10.0 Å². The third kappa shape index (κ3) is 3.42. The number of hydroxylamine groups is 2. The van der Waals surface area contributed by atoms with Crippen molar-refractivity contribution in [2.24, 2.45) is 5.11 Å². The van der Waals surface area contributed by atoms with Gasteiger partial charge in [0.1, 0.15) is 6.61 Å². The lowest BCUT2D eigenvalue weighted by molar-refractivity contribution is -0.0780. The van der Waals surface area contributed by atoms with Crippen LogP contribution in [0.1, 0.15) is 26.3 Å². The average Bonchev–Trinajstić information content (AvgIpc) is 2.90. The van der Waals surface area contributed by atoms with Gasteiger partial charge in [-0.05, 0) is 28.8 Å². The van der Waals surface area contributed by atoms with Crippen LogP contribution in [0.4, 0.5) is 0 Å². The van der Waals surface area contributed by atoms with Crippen LogP contribution >= 0.6 is 0 Å². The summed E-state index contributed by atoms with van der Waals surface area (Å²) in [4.78, 5) is 32.8. The second-order valence-corrected chi connectivity index (χ2v) is 5.23. The van der Waals surface area contributed by atoms with Crippen LogP contribution in [-0.2, 0) is 4.84 Å². The van der Waals surface area contributed by atoms with Gasteiger partial charge >= 0.3 is 0 Å². The fraction of sp³-hybridized carbons (Fsp3) is 0.111. The van der Waals surface area contributed by atoms with Gasteiger partial charge < -0.3 is 0 Å². The Bertz CT molecular complexity index is 851. The third-order valence-corrected chi connectivity index (χ3v) is 3.73. The number of fused-ring (bicyclic) bond motifs is 1. The first-order valence-corrected chi connectivity index (χ1v) is 7.58. The molecule has 7 heteroatoms. The monoisotopic (exact) mass is 334 g/mol. The molecule has 25 heavy (non-hydrogen) atoms. The van der Waals surface area contributed by atoms with Crippen molar-refractivity contribution in [3.05, 3.63) is 87.8 Å². The Balaban J connectivity index is 1.78. The van der Waals surface area contributed by atoms with Gasteiger partial charge in [0.25, 0.3) is 11.8 Å². The lowest BCUT2D eigenvalue weighted by Gasteiger charge is -2.15. The minimum absolute atomic E-state index is 0.00354. The van der Waals surface area contributed by atoms with Crippen molar-refractivity contribution in [1.82, 2.24) is 5.06 Å². The Morgan fingerprint density at radius 2 is 1.64 bits per heavy atom. The van der Waals surface area contributed by atoms with Gasteiger partial charge in [-0.25, -0.2) is 0 Å². The molecule has 0 aromatic heterocycles. The number of hydrogen-bond donors (Lipinski definition) is 0. The molecular formula is C18H14N4O3. The molecule has 0 spiro atoms. The van der Waals surface area contributed by atoms with Gasteiger partial charge in [0.15, 0.2) is 0 Å². The van der Waals surface area contributed by atoms with Crippen LogP contribution in [0.15, 0.2) is 65.8 Å². The van der Waals surface area contributed by atoms with Crippen LogP contribution in [0.5, 0.6) is 0 Å². The predicted molar refractivity (Wildman–Crippen MR) is 91.3 cm³/mol. The Kier molecular flexibility index (Phi) is 4.89. The molecule has 1 aliphatic rings. The van der Waals surface area contributed by atoms with E-state index in [4.69, 9.17) is 10.4 Å². The van der Waals surface area contributed by atoms with Crippen molar-refractivity contribution in [3.8, 4) is 0 Å². The SMILES string of the molecule is [N-]=[N+]=NC/C=C(\CON1C(=O)c2ccccc2C1=O)c1ccccc1. The number of carbonyl (C=O) groups is 2. The quantitative estimate of drug-likeness (QED) is 0.349. The summed E-state index contributed by atoms with van der Waals surface area (Å²) in [5, 5.41) is 4.25. The highest BCUT2D eigenvalue weighted by molar-refractivity contribution is 6.20. The molecule has 124 valence electrons. The molecule has 0 atom stereocenters. The second kappa shape index (κ2) is 7.44. The topological polar surface area (TPSA) is 95.4 Å². The van der Waals surface area contributed by atoms with Gasteiger partial charge in [0.2, 0.25) is 0 Å². The largest absolute Gasteiger partial charge is 0.285 e. The van der Waals surface area contributed by atoms with E-state index in [1.165, 1.54) is 0 Å². The molecule has 0 unspecified atom stereocenters. The first-order chi connectivity index (χ1) is 12.2. The van der Waals surface area contributed by atoms with Gasteiger partial charge in [-0.3, -0.25) is 14.4 Å². The van der Waals surface area contributed by atoms with Gasteiger partial charge in [-0.15, -0.1) is 5.06 Å². The molecule has 3 rings (SSSR count). The Labute approximate surface area is 143 Å². The fourth-order valence-electron chi connectivity index (χ4n) is 2.52. The zero-order chi connectivity index (χ0) is 17.6. The number of carbonyl (C=O) groups excluding carboxylic acids is 2. The van der Waals surface area contributed by atoms with E-state index in [1.54, 1.807) is 30.3 Å². The van der Waals surface area contributed by atoms with Crippen molar-refractivity contribution in [1.29, 1.82) is 0 Å². The molecule has 0 fully saturated rings. The highest BCUT2D eigenvalue weighted by Gasteiger charge is 2.36. The number of amides is 2. The summed E-state index contributed by atoms with van der Waals surface area (Å²) in [5.74, 6) is -0.967.